The van der Waals surface area contributed by atoms with E-state index in [0.717, 1.165) is 84.9 Å². The fourth-order valence-corrected chi connectivity index (χ4v) is 17.3. The van der Waals surface area contributed by atoms with Gasteiger partial charge in [0.2, 0.25) is 0 Å². The van der Waals surface area contributed by atoms with E-state index in [1.54, 1.807) is 0 Å². The molecule has 0 fully saturated rings. The molecule has 2 heterocycles. The van der Waals surface area contributed by atoms with E-state index in [0.29, 0.717) is 0 Å². The van der Waals surface area contributed by atoms with Gasteiger partial charge in [0, 0.05) is 67.3 Å². The Morgan fingerprint density at radius 1 is 0.214 bits per heavy atom. The molecule has 0 atom stereocenters. The highest BCUT2D eigenvalue weighted by Crippen LogP contribution is 2.52. The summed E-state index contributed by atoms with van der Waals surface area (Å²) in [5.74, 6) is 0. The average molecular weight is 1310 g/mol. The molecule has 0 unspecified atom stereocenters. The summed E-state index contributed by atoms with van der Waals surface area (Å²) >= 11 is 0. The number of anilines is 12. The quantitative estimate of drug-likeness (QED) is 0.0727. The normalized spacial score (nSPS) is 12.4. The van der Waals surface area contributed by atoms with Crippen LogP contribution in [0.25, 0.3) is 109 Å². The number of benzene rings is 19. The molecule has 478 valence electrons. The summed E-state index contributed by atoms with van der Waals surface area (Å²) in [5, 5.41) is 17.1. The van der Waals surface area contributed by atoms with Gasteiger partial charge in [-0.1, -0.05) is 279 Å². The van der Waals surface area contributed by atoms with Gasteiger partial charge < -0.3 is 19.6 Å². The molecule has 0 N–H and O–H groups in total. The van der Waals surface area contributed by atoms with Crippen molar-refractivity contribution in [2.24, 2.45) is 0 Å². The van der Waals surface area contributed by atoms with Crippen LogP contribution < -0.4 is 36.0 Å². The number of nitrogens with zero attached hydrogens (tertiary/aromatic N) is 4. The molecule has 19 aromatic rings. The maximum Gasteiger partial charge on any atom is 0.252 e. The molecular weight excluding hydrogens is 1240 g/mol. The maximum absolute atomic E-state index is 2.62. The van der Waals surface area contributed by atoms with E-state index in [1.165, 1.54) is 108 Å². The third-order valence-electron chi connectivity index (χ3n) is 21.8. The minimum Gasteiger partial charge on any atom is -0.311 e. The molecule has 0 saturated carbocycles. The molecule has 0 radical (unpaired) electrons. The lowest BCUT2D eigenvalue weighted by Crippen LogP contribution is -2.61. The van der Waals surface area contributed by atoms with Crippen LogP contribution in [-0.4, -0.2) is 6.71 Å². The molecule has 4 nitrogen and oxygen atoms in total. The fraction of sp³-hybridized carbons (Fsp3) is 0. The third-order valence-corrected chi connectivity index (χ3v) is 21.8. The predicted molar refractivity (Wildman–Crippen MR) is 440 cm³/mol. The Bertz CT molecular complexity index is 6510. The second kappa shape index (κ2) is 23.6. The fourth-order valence-electron chi connectivity index (χ4n) is 17.3. The lowest BCUT2D eigenvalue weighted by Gasteiger charge is -2.45. The van der Waals surface area contributed by atoms with E-state index in [4.69, 9.17) is 0 Å². The summed E-state index contributed by atoms with van der Waals surface area (Å²) in [4.78, 5) is 10.2. The Labute approximate surface area is 598 Å². The number of hydrogen-bond acceptors (Lipinski definition) is 4. The van der Waals surface area contributed by atoms with E-state index in [9.17, 15) is 0 Å². The largest absolute Gasteiger partial charge is 0.311 e. The average Bonchev–Trinajstić information content (AvgIpc) is 0.691. The molecular formula is C98H63BN4. The van der Waals surface area contributed by atoms with Crippen molar-refractivity contribution in [3.63, 3.8) is 0 Å². The number of rotatable bonds is 11. The standard InChI is InChI=1S/C98H63BN4/c1-4-22-64(23-5-1)65-46-50-78(51-47-65)102-91-62-79(101(77-36-8-3-9-37-77)90-57-49-70-45-44-68-30-18-31-69-48-54-85(90)97(70)95(68)69)52-55-86(91)99-87-56-53-80(100(76-34-6-2-7-35-76)88-42-20-28-66-24-10-14-38-81(66)88)63-92(87)103(89-43-21-29-67-25-11-15-39-82(67)89)94-61-75(60-93(102)98(94)99)71-32-19-33-74(58-71)96-83-40-16-12-26-72(83)59-73-27-13-17-41-84(73)96/h1-63H. The van der Waals surface area contributed by atoms with E-state index >= 15 is 0 Å². The molecule has 0 aromatic heterocycles. The van der Waals surface area contributed by atoms with Crippen molar-refractivity contribution in [3.05, 3.63) is 382 Å². The van der Waals surface area contributed by atoms with Gasteiger partial charge in [0.05, 0.1) is 17.1 Å². The van der Waals surface area contributed by atoms with Gasteiger partial charge in [-0.3, -0.25) is 0 Å². The first kappa shape index (κ1) is 58.5. The van der Waals surface area contributed by atoms with Crippen molar-refractivity contribution in [2.75, 3.05) is 19.6 Å². The van der Waals surface area contributed by atoms with Crippen molar-refractivity contribution in [1.82, 2.24) is 0 Å². The minimum atomic E-state index is -0.228. The summed E-state index contributed by atoms with van der Waals surface area (Å²) < 4.78 is 0. The van der Waals surface area contributed by atoms with E-state index in [-0.39, 0.29) is 6.71 Å². The zero-order chi connectivity index (χ0) is 67.6. The Balaban J connectivity index is 0.869. The first-order valence-corrected chi connectivity index (χ1v) is 35.7. The predicted octanol–water partition coefficient (Wildman–Crippen LogP) is 25.2. The van der Waals surface area contributed by atoms with Crippen LogP contribution in [0.2, 0.25) is 0 Å². The molecule has 2 aliphatic heterocycles. The van der Waals surface area contributed by atoms with Crippen LogP contribution in [0.3, 0.4) is 0 Å². The van der Waals surface area contributed by atoms with Crippen LogP contribution in [0.4, 0.5) is 68.2 Å². The molecule has 21 rings (SSSR count). The zero-order valence-corrected chi connectivity index (χ0v) is 56.2. The smallest absolute Gasteiger partial charge is 0.252 e. The Kier molecular flexibility index (Phi) is 13.4. The van der Waals surface area contributed by atoms with Crippen LogP contribution >= 0.6 is 0 Å². The highest BCUT2D eigenvalue weighted by Gasteiger charge is 2.45. The summed E-state index contributed by atoms with van der Waals surface area (Å²) in [6.07, 6.45) is 0. The molecule has 0 amide bonds. The molecule has 2 aliphatic rings. The number of fused-ring (bicyclic) bond motifs is 8. The third kappa shape index (κ3) is 9.40. The van der Waals surface area contributed by atoms with Crippen LogP contribution in [0.15, 0.2) is 382 Å². The second-order valence-electron chi connectivity index (χ2n) is 27.5. The second-order valence-corrected chi connectivity index (χ2v) is 27.5. The zero-order valence-electron chi connectivity index (χ0n) is 56.2. The Morgan fingerprint density at radius 2 is 0.670 bits per heavy atom. The van der Waals surface area contributed by atoms with Crippen LogP contribution in [0.1, 0.15) is 0 Å². The molecule has 0 saturated heterocycles. The van der Waals surface area contributed by atoms with Crippen LogP contribution in [0.5, 0.6) is 0 Å². The molecule has 0 spiro atoms. The first-order valence-electron chi connectivity index (χ1n) is 35.7. The van der Waals surface area contributed by atoms with Gasteiger partial charge in [0.15, 0.2) is 0 Å². The minimum absolute atomic E-state index is 0.228. The van der Waals surface area contributed by atoms with Gasteiger partial charge in [-0.2, -0.15) is 0 Å². The van der Waals surface area contributed by atoms with Gasteiger partial charge in [-0.05, 0) is 212 Å². The highest BCUT2D eigenvalue weighted by atomic mass is 15.2. The van der Waals surface area contributed by atoms with Gasteiger partial charge in [0.1, 0.15) is 0 Å². The van der Waals surface area contributed by atoms with Crippen molar-refractivity contribution in [2.45, 2.75) is 0 Å². The summed E-state index contributed by atoms with van der Waals surface area (Å²) in [7, 11) is 0. The lowest BCUT2D eigenvalue weighted by atomic mass is 9.33. The van der Waals surface area contributed by atoms with Gasteiger partial charge in [-0.15, -0.1) is 0 Å². The monoisotopic (exact) mass is 1310 g/mol. The SMILES string of the molecule is c1ccc(-c2ccc(N3c4cc(N(c5ccccc5)c5ccc6ccc7cccc8ccc5c6c78)ccc4B4c5ccc(N(c6ccccc6)c6cccc7ccccc67)cc5N(c5cccc6ccccc56)c5cc(-c6cccc(-c7c8ccccc8cc8ccccc78)c6)cc3c54)cc2)cc1. The van der Waals surface area contributed by atoms with Gasteiger partial charge >= 0.3 is 0 Å². The number of para-hydroxylation sites is 2. The van der Waals surface area contributed by atoms with Crippen molar-refractivity contribution in [3.8, 4) is 33.4 Å². The number of hydrogen-bond donors (Lipinski definition) is 0. The summed E-state index contributed by atoms with van der Waals surface area (Å²) in [5.41, 5.74) is 23.7. The van der Waals surface area contributed by atoms with Crippen molar-refractivity contribution < 1.29 is 0 Å². The van der Waals surface area contributed by atoms with E-state index in [1.807, 2.05) is 0 Å². The summed E-state index contributed by atoms with van der Waals surface area (Å²) in [6, 6.07) is 143. The Morgan fingerprint density at radius 3 is 1.33 bits per heavy atom. The first-order chi connectivity index (χ1) is 51.1. The Hall–Kier alpha value is -13.5. The molecule has 5 heteroatoms. The maximum atomic E-state index is 2.62. The molecule has 19 aromatic carbocycles. The topological polar surface area (TPSA) is 13.0 Å². The van der Waals surface area contributed by atoms with Gasteiger partial charge in [-0.25, -0.2) is 0 Å². The molecule has 0 bridgehead atoms. The van der Waals surface area contributed by atoms with Crippen molar-refractivity contribution >= 4 is 167 Å². The molecule has 103 heavy (non-hydrogen) atoms. The lowest BCUT2D eigenvalue weighted by molar-refractivity contribution is 1.24. The van der Waals surface area contributed by atoms with Crippen molar-refractivity contribution in [1.29, 1.82) is 0 Å². The van der Waals surface area contributed by atoms with E-state index in [2.05, 4.69) is 402 Å². The van der Waals surface area contributed by atoms with Gasteiger partial charge in [0.25, 0.3) is 6.71 Å². The molecule has 0 aliphatic carbocycles. The summed E-state index contributed by atoms with van der Waals surface area (Å²) in [6.45, 7) is -0.228. The van der Waals surface area contributed by atoms with E-state index < -0.39 is 0 Å². The van der Waals surface area contributed by atoms with Crippen LogP contribution in [-0.2, 0) is 0 Å². The van der Waals surface area contributed by atoms with Crippen LogP contribution in [0, 0.1) is 0 Å². The highest BCUT2D eigenvalue weighted by molar-refractivity contribution is 7.00.